The second kappa shape index (κ2) is 21.0. The van der Waals surface area contributed by atoms with Crippen LogP contribution in [-0.4, -0.2) is 151 Å². The molecule has 20 nitrogen and oxygen atoms in total. The van der Waals surface area contributed by atoms with E-state index in [1.165, 1.54) is 46.5 Å². The lowest BCUT2D eigenvalue weighted by Crippen LogP contribution is -2.52. The van der Waals surface area contributed by atoms with Gasteiger partial charge in [-0.3, -0.25) is 28.8 Å². The molecule has 0 atom stereocenters. The van der Waals surface area contributed by atoms with E-state index < -0.39 is 47.0 Å². The van der Waals surface area contributed by atoms with E-state index in [0.29, 0.717) is 16.7 Å². The highest BCUT2D eigenvalue weighted by molar-refractivity contribution is 6.45. The van der Waals surface area contributed by atoms with Crippen molar-refractivity contribution in [3.05, 3.63) is 155 Å². The summed E-state index contributed by atoms with van der Waals surface area (Å²) < 4.78 is 44.9. The number of aromatic nitrogens is 4. The Morgan fingerprint density at radius 1 is 0.568 bits per heavy atom. The molecule has 2 saturated heterocycles. The molecule has 376 valence electrons. The highest BCUT2D eigenvalue weighted by Crippen LogP contribution is 2.34. The predicted octanol–water partition coefficient (Wildman–Crippen LogP) is 6.13. The van der Waals surface area contributed by atoms with Gasteiger partial charge in [0.25, 0.3) is 35.2 Å². The Morgan fingerprint density at radius 2 is 0.959 bits per heavy atom. The molecule has 3 N–H and O–H groups in total. The van der Waals surface area contributed by atoms with Gasteiger partial charge in [-0.05, 0) is 55.5 Å². The fourth-order valence-corrected chi connectivity index (χ4v) is 8.66. The Hall–Kier alpha value is -9.60. The highest BCUT2D eigenvalue weighted by atomic mass is 19.1. The lowest BCUT2D eigenvalue weighted by molar-refractivity contribution is -0.128. The van der Waals surface area contributed by atoms with Crippen molar-refractivity contribution in [1.82, 2.24) is 39.9 Å². The first-order chi connectivity index (χ1) is 35.7. The van der Waals surface area contributed by atoms with E-state index in [1.54, 1.807) is 65.3 Å². The van der Waals surface area contributed by atoms with Crippen LogP contribution in [-0.2, 0) is 14.3 Å². The third kappa shape index (κ3) is 9.74. The number of carboxylic acid groups (broad SMARTS) is 1. The average molecular weight is 1010 g/mol. The van der Waals surface area contributed by atoms with E-state index in [0.717, 1.165) is 12.1 Å². The molecule has 0 unspecified atom stereocenters. The topological polar surface area (TPSA) is 263 Å². The van der Waals surface area contributed by atoms with Crippen molar-refractivity contribution in [2.75, 3.05) is 59.0 Å². The van der Waals surface area contributed by atoms with E-state index in [4.69, 9.17) is 18.9 Å². The number of esters is 1. The third-order valence-electron chi connectivity index (χ3n) is 12.5. The molecule has 10 rings (SSSR count). The summed E-state index contributed by atoms with van der Waals surface area (Å²) in [6, 6.07) is 25.2. The summed E-state index contributed by atoms with van der Waals surface area (Å²) in [6.07, 6.45) is 2.51. The van der Waals surface area contributed by atoms with Gasteiger partial charge in [0, 0.05) is 110 Å². The van der Waals surface area contributed by atoms with Crippen LogP contribution in [0.5, 0.6) is 0 Å². The number of carbonyl (C=O) groups excluding carboxylic acids is 7. The zero-order chi connectivity index (χ0) is 52.2. The molecule has 0 saturated carbocycles. The number of amides is 4. The number of benzene rings is 4. The molecule has 0 aliphatic carbocycles. The Kier molecular flexibility index (Phi) is 14.0. The number of fused-ring (bicyclic) bond motifs is 2. The molecule has 22 heteroatoms. The molecule has 0 spiro atoms. The van der Waals surface area contributed by atoms with E-state index >= 15 is 0 Å². The van der Waals surface area contributed by atoms with Gasteiger partial charge in [0.05, 0.1) is 28.8 Å². The van der Waals surface area contributed by atoms with E-state index in [1.807, 2.05) is 12.1 Å². The van der Waals surface area contributed by atoms with Crippen molar-refractivity contribution in [3.63, 3.8) is 0 Å². The number of carbonyl (C=O) groups is 8. The van der Waals surface area contributed by atoms with Gasteiger partial charge < -0.3 is 48.5 Å². The fraction of sp³-hybridized carbons (Fsp3) is 0.192. The quantitative estimate of drug-likeness (QED) is 0.0748. The van der Waals surface area contributed by atoms with Gasteiger partial charge in [-0.25, -0.2) is 18.4 Å². The molecule has 6 heterocycles. The smallest absolute Gasteiger partial charge is 0.360 e. The first kappa shape index (κ1) is 49.4. The van der Waals surface area contributed by atoms with E-state index in [-0.39, 0.29) is 132 Å². The van der Waals surface area contributed by atoms with Crippen molar-refractivity contribution >= 4 is 68.9 Å². The molecule has 0 bridgehead atoms. The molecule has 0 radical (unpaired) electrons. The minimum absolute atomic E-state index is 0.0535. The zero-order valence-electron chi connectivity index (χ0n) is 39.1. The van der Waals surface area contributed by atoms with Gasteiger partial charge in [0.15, 0.2) is 22.9 Å². The first-order valence-corrected chi connectivity index (χ1v) is 23.0. The van der Waals surface area contributed by atoms with Crippen molar-refractivity contribution in [1.29, 1.82) is 0 Å². The van der Waals surface area contributed by atoms with Gasteiger partial charge in [0.1, 0.15) is 11.6 Å². The number of aromatic carboxylic acids is 1. The number of ketones is 2. The average Bonchev–Trinajstić information content (AvgIpc) is 4.29. The lowest BCUT2D eigenvalue weighted by Gasteiger charge is -2.34. The van der Waals surface area contributed by atoms with Crippen LogP contribution in [0.25, 0.3) is 44.5 Å². The van der Waals surface area contributed by atoms with Gasteiger partial charge >= 0.3 is 11.9 Å². The number of piperazine rings is 2. The van der Waals surface area contributed by atoms with E-state index in [2.05, 4.69) is 20.3 Å². The Bertz CT molecular complexity index is 3500. The minimum Gasteiger partial charge on any atom is -0.476 e. The van der Waals surface area contributed by atoms with Crippen LogP contribution in [0.4, 0.5) is 8.78 Å². The van der Waals surface area contributed by atoms with E-state index in [9.17, 15) is 47.1 Å². The Balaban J connectivity index is 0.000000182. The van der Waals surface area contributed by atoms with Crippen molar-refractivity contribution in [3.8, 4) is 22.6 Å². The number of ether oxygens (including phenoxy) is 1. The number of rotatable bonds is 11. The van der Waals surface area contributed by atoms with Gasteiger partial charge in [-0.1, -0.05) is 46.7 Å². The number of nitrogens with one attached hydrogen (secondary N) is 2. The number of nitrogens with zero attached hydrogens (tertiary/aromatic N) is 6. The number of halogens is 2. The number of hydrogen-bond acceptors (Lipinski definition) is 13. The van der Waals surface area contributed by atoms with Gasteiger partial charge in [-0.15, -0.1) is 0 Å². The zero-order valence-corrected chi connectivity index (χ0v) is 39.1. The summed E-state index contributed by atoms with van der Waals surface area (Å²) in [4.78, 5) is 112. The number of aromatic amines is 2. The molecule has 2 fully saturated rings. The number of Topliss-reactive ketones (excluding diaryl/α,β-unsaturated/α-hetero) is 2. The van der Waals surface area contributed by atoms with Crippen LogP contribution in [0, 0.1) is 11.6 Å². The van der Waals surface area contributed by atoms with Crippen LogP contribution < -0.4 is 0 Å². The molecule has 4 amide bonds. The van der Waals surface area contributed by atoms with Gasteiger partial charge in [-0.2, -0.15) is 0 Å². The van der Waals surface area contributed by atoms with Crippen LogP contribution in [0.2, 0.25) is 0 Å². The monoisotopic (exact) mass is 1010 g/mol. The van der Waals surface area contributed by atoms with Crippen LogP contribution >= 0.6 is 0 Å². The summed E-state index contributed by atoms with van der Waals surface area (Å²) in [5, 5.41) is 16.0. The second-order valence-electron chi connectivity index (χ2n) is 16.8. The molecule has 74 heavy (non-hydrogen) atoms. The summed E-state index contributed by atoms with van der Waals surface area (Å²) in [5.41, 5.74) is 1.44. The molecule has 2 aliphatic heterocycles. The van der Waals surface area contributed by atoms with Gasteiger partial charge in [0.2, 0.25) is 0 Å². The molecule has 2 aliphatic rings. The first-order valence-electron chi connectivity index (χ1n) is 23.0. The van der Waals surface area contributed by atoms with Crippen molar-refractivity contribution in [2.45, 2.75) is 6.92 Å². The standard InChI is InChI=1S/C27H23FN4O6.C25H19FN4O6/c1-2-37-27(36)20-14-21(38-30-20)17-8-9-19(28)22-18(15-29-23(17)22)24(33)26(35)32-12-10-31(11-13-32)25(34)16-6-4-3-5-7-16;26-17-7-6-15(19-12-18(25(34)35)28-36-19)21-20(17)16(13-27-21)22(31)24(33)30-10-8-29(9-11-30)23(32)14-4-2-1-3-5-14/h3-9,14-15,29H,2,10-13H2,1H3;1-7,12-13,27H,8-11H2,(H,34,35). The SMILES string of the molecule is CCOC(=O)c1cc(-c2ccc(F)c3c(C(=O)C(=O)N4CCN(C(=O)c5ccccc5)CC4)c[nH]c23)on1.O=C(O)c1cc(-c2ccc(F)c3c(C(=O)C(=O)N4CCN(C(=O)c5ccccc5)CC4)c[nH]c23)on1. The summed E-state index contributed by atoms with van der Waals surface area (Å²) in [5.74, 6) is -6.84. The summed E-state index contributed by atoms with van der Waals surface area (Å²) in [6.45, 7) is 3.56. The maximum Gasteiger partial charge on any atom is 0.360 e. The van der Waals surface area contributed by atoms with Crippen LogP contribution in [0.1, 0.15) is 69.3 Å². The maximum atomic E-state index is 14.9. The summed E-state index contributed by atoms with van der Waals surface area (Å²) in [7, 11) is 0. The Morgan fingerprint density at radius 3 is 1.35 bits per heavy atom. The Labute approximate surface area is 417 Å². The predicted molar refractivity (Wildman–Crippen MR) is 257 cm³/mol. The molecule has 8 aromatic rings. The largest absolute Gasteiger partial charge is 0.476 e. The number of hydrogen-bond donors (Lipinski definition) is 3. The maximum absolute atomic E-state index is 14.9. The number of H-pyrrole nitrogens is 2. The normalized spacial score (nSPS) is 13.6. The molecule has 4 aromatic heterocycles. The van der Waals surface area contributed by atoms with Crippen LogP contribution in [0.3, 0.4) is 0 Å². The minimum atomic E-state index is -1.29. The summed E-state index contributed by atoms with van der Waals surface area (Å²) >= 11 is 0. The fourth-order valence-electron chi connectivity index (χ4n) is 8.66. The lowest BCUT2D eigenvalue weighted by atomic mass is 10.0. The second-order valence-corrected chi connectivity index (χ2v) is 16.8. The van der Waals surface area contributed by atoms with Crippen molar-refractivity contribution in [2.24, 2.45) is 0 Å². The molecule has 4 aromatic carbocycles. The van der Waals surface area contributed by atoms with Crippen LogP contribution in [0.15, 0.2) is 119 Å². The molecular formula is C52H42F2N8O12. The number of carboxylic acids is 1. The van der Waals surface area contributed by atoms with Crippen molar-refractivity contribution < 1.29 is 66.0 Å². The molecular weight excluding hydrogens is 967 g/mol. The third-order valence-corrected chi connectivity index (χ3v) is 12.5. The highest BCUT2D eigenvalue weighted by Gasteiger charge is 2.33.